The minimum atomic E-state index is -3.34. The highest BCUT2D eigenvalue weighted by Crippen LogP contribution is 2.32. The molecule has 0 saturated carbocycles. The molecule has 35 heavy (non-hydrogen) atoms. The number of halogens is 1. The van der Waals surface area contributed by atoms with Crippen LogP contribution in [0.4, 0.5) is 0 Å². The van der Waals surface area contributed by atoms with Gasteiger partial charge in [-0.3, -0.25) is 4.79 Å². The highest BCUT2D eigenvalue weighted by molar-refractivity contribution is 9.09. The van der Waals surface area contributed by atoms with Gasteiger partial charge in [-0.05, 0) is 24.3 Å². The fourth-order valence-electron chi connectivity index (χ4n) is 3.52. The van der Waals surface area contributed by atoms with Crippen LogP contribution in [0.5, 0.6) is 17.2 Å². The van der Waals surface area contributed by atoms with Gasteiger partial charge in [-0.1, -0.05) is 28.1 Å². The van der Waals surface area contributed by atoms with Gasteiger partial charge in [0.15, 0.2) is 15.7 Å². The van der Waals surface area contributed by atoms with Crippen LogP contribution in [0.3, 0.4) is 0 Å². The smallest absolute Gasteiger partial charge is 0.262 e. The van der Waals surface area contributed by atoms with Crippen molar-refractivity contribution in [1.82, 2.24) is 15.0 Å². The van der Waals surface area contributed by atoms with Gasteiger partial charge in [-0.2, -0.15) is 0 Å². The molecule has 0 atom stereocenters. The molecule has 0 aliphatic carbocycles. The number of nitrogens with zero attached hydrogens (tertiary/aromatic N) is 2. The van der Waals surface area contributed by atoms with Gasteiger partial charge in [0.25, 0.3) is 5.56 Å². The van der Waals surface area contributed by atoms with Gasteiger partial charge in [-0.25, -0.2) is 18.4 Å². The van der Waals surface area contributed by atoms with E-state index < -0.39 is 9.84 Å². The summed E-state index contributed by atoms with van der Waals surface area (Å²) in [6, 6.07) is 13.1. The Hall–Kier alpha value is -3.44. The lowest BCUT2D eigenvalue weighted by molar-refractivity contribution is 0.345. The molecule has 0 aliphatic heterocycles. The zero-order valence-corrected chi connectivity index (χ0v) is 21.6. The van der Waals surface area contributed by atoms with E-state index >= 15 is 0 Å². The number of aromatic nitrogens is 3. The van der Waals surface area contributed by atoms with Crippen molar-refractivity contribution in [3.63, 3.8) is 0 Å². The van der Waals surface area contributed by atoms with E-state index in [2.05, 4.69) is 25.9 Å². The molecule has 4 rings (SSSR count). The Balaban J connectivity index is 1.87. The van der Waals surface area contributed by atoms with E-state index in [9.17, 15) is 13.2 Å². The van der Waals surface area contributed by atoms with E-state index in [0.717, 1.165) is 6.26 Å². The van der Waals surface area contributed by atoms with Gasteiger partial charge < -0.3 is 19.2 Å². The van der Waals surface area contributed by atoms with E-state index in [1.807, 2.05) is 0 Å². The van der Waals surface area contributed by atoms with Crippen LogP contribution in [0.2, 0.25) is 0 Å². The van der Waals surface area contributed by atoms with Gasteiger partial charge >= 0.3 is 0 Å². The van der Waals surface area contributed by atoms with E-state index in [-0.39, 0.29) is 16.3 Å². The number of methoxy groups -OCH3 is 2. The second kappa shape index (κ2) is 10.0. The molecule has 2 aromatic carbocycles. The minimum absolute atomic E-state index is 0.198. The molecular weight excluding hydrogens is 538 g/mol. The number of pyridine rings is 1. The molecule has 0 bridgehead atoms. The number of ether oxygens (including phenoxy) is 3. The van der Waals surface area contributed by atoms with Gasteiger partial charge in [0.2, 0.25) is 0 Å². The fraction of sp³-hybridized carbons (Fsp3) is 0.208. The Morgan fingerprint density at radius 3 is 2.34 bits per heavy atom. The number of nitrogens with one attached hydrogen (secondary N) is 1. The maximum Gasteiger partial charge on any atom is 0.262 e. The van der Waals surface area contributed by atoms with Gasteiger partial charge in [0, 0.05) is 29.3 Å². The Kier molecular flexibility index (Phi) is 7.08. The summed E-state index contributed by atoms with van der Waals surface area (Å²) >= 11 is 3.34. The minimum Gasteiger partial charge on any atom is -0.497 e. The zero-order chi connectivity index (χ0) is 25.2. The normalized spacial score (nSPS) is 11.4. The number of benzene rings is 2. The largest absolute Gasteiger partial charge is 0.497 e. The third-order valence-corrected chi connectivity index (χ3v) is 6.65. The van der Waals surface area contributed by atoms with Crippen LogP contribution in [0, 0.1) is 0 Å². The van der Waals surface area contributed by atoms with E-state index in [1.165, 1.54) is 26.4 Å². The van der Waals surface area contributed by atoms with Crippen LogP contribution in [0.25, 0.3) is 33.7 Å². The van der Waals surface area contributed by atoms with E-state index in [4.69, 9.17) is 19.2 Å². The summed E-state index contributed by atoms with van der Waals surface area (Å²) in [4.78, 5) is 25.2. The van der Waals surface area contributed by atoms with Crippen molar-refractivity contribution >= 4 is 36.7 Å². The van der Waals surface area contributed by atoms with Gasteiger partial charge in [0.1, 0.15) is 34.0 Å². The molecule has 0 aliphatic rings. The highest BCUT2D eigenvalue weighted by Gasteiger charge is 2.17. The quantitative estimate of drug-likeness (QED) is 0.323. The zero-order valence-electron chi connectivity index (χ0n) is 19.2. The number of hydrogen-bond donors (Lipinski definition) is 1. The first kappa shape index (κ1) is 24.7. The number of fused-ring (bicyclic) bond motifs is 1. The van der Waals surface area contributed by atoms with Gasteiger partial charge in [-0.15, -0.1) is 0 Å². The lowest BCUT2D eigenvalue weighted by atomic mass is 10.1. The molecule has 2 heterocycles. The second-order valence-electron chi connectivity index (χ2n) is 7.52. The topological polar surface area (TPSA) is 120 Å². The summed E-state index contributed by atoms with van der Waals surface area (Å²) in [6.07, 6.45) is 1.15. The summed E-state index contributed by atoms with van der Waals surface area (Å²) < 4.78 is 40.2. The average molecular weight is 560 g/mol. The molecule has 0 spiro atoms. The van der Waals surface area contributed by atoms with Gasteiger partial charge in [0.05, 0.1) is 31.2 Å². The summed E-state index contributed by atoms with van der Waals surface area (Å²) in [6.45, 7) is 0.403. The molecule has 182 valence electrons. The number of aromatic amines is 1. The van der Waals surface area contributed by atoms with Crippen molar-refractivity contribution < 1.29 is 22.6 Å². The summed E-state index contributed by atoms with van der Waals surface area (Å²) in [5, 5.41) is 0.913. The maximum atomic E-state index is 12.9. The predicted octanol–water partition coefficient (Wildman–Crippen LogP) is 3.85. The molecule has 0 amide bonds. The Bertz CT molecular complexity index is 1550. The van der Waals surface area contributed by atoms with E-state index in [1.54, 1.807) is 36.4 Å². The van der Waals surface area contributed by atoms with Crippen LogP contribution in [-0.4, -0.2) is 55.8 Å². The third-order valence-electron chi connectivity index (χ3n) is 5.19. The number of H-pyrrole nitrogens is 1. The Labute approximate surface area is 210 Å². The van der Waals surface area contributed by atoms with Crippen LogP contribution < -0.4 is 19.8 Å². The van der Waals surface area contributed by atoms with Crippen molar-refractivity contribution in [2.75, 3.05) is 32.4 Å². The lowest BCUT2D eigenvalue weighted by Gasteiger charge is -2.13. The predicted molar refractivity (Wildman–Crippen MR) is 137 cm³/mol. The molecule has 11 heteroatoms. The second-order valence-corrected chi connectivity index (χ2v) is 10.3. The molecule has 0 fully saturated rings. The summed E-state index contributed by atoms with van der Waals surface area (Å²) in [5.74, 6) is 1.60. The highest BCUT2D eigenvalue weighted by atomic mass is 79.9. The van der Waals surface area contributed by atoms with Crippen LogP contribution >= 0.6 is 15.9 Å². The molecule has 4 aromatic rings. The Morgan fingerprint density at radius 1 is 0.971 bits per heavy atom. The molecule has 0 saturated heterocycles. The summed E-state index contributed by atoms with van der Waals surface area (Å²) in [7, 11) is -0.357. The van der Waals surface area contributed by atoms with Crippen LogP contribution in [-0.2, 0) is 9.84 Å². The first-order valence-electron chi connectivity index (χ1n) is 10.4. The molecule has 0 radical (unpaired) electrons. The lowest BCUT2D eigenvalue weighted by Crippen LogP contribution is -2.12. The monoisotopic (exact) mass is 559 g/mol. The van der Waals surface area contributed by atoms with Crippen LogP contribution in [0.15, 0.2) is 58.2 Å². The molecular formula is C24H22BrN3O6S. The Morgan fingerprint density at radius 2 is 1.71 bits per heavy atom. The van der Waals surface area contributed by atoms with Crippen molar-refractivity contribution in [1.29, 1.82) is 0 Å². The number of rotatable bonds is 8. The number of sulfone groups is 1. The van der Waals surface area contributed by atoms with Crippen molar-refractivity contribution in [3.05, 3.63) is 58.9 Å². The first-order chi connectivity index (χ1) is 16.7. The summed E-state index contributed by atoms with van der Waals surface area (Å²) in [5.41, 5.74) is 1.54. The third kappa shape index (κ3) is 5.15. The maximum absolute atomic E-state index is 12.9. The molecule has 0 unspecified atom stereocenters. The number of hydrogen-bond acceptors (Lipinski definition) is 8. The van der Waals surface area contributed by atoms with Crippen molar-refractivity contribution in [3.8, 4) is 40.0 Å². The average Bonchev–Trinajstić information content (AvgIpc) is 2.86. The molecule has 1 N–H and O–H groups in total. The standard InChI is InChI=1S/C24H22BrN3O6S/c1-32-15-12-18-21(20(13-15)33-2)24(29)28-23(27-18)17-8-9-19(34-11-10-25)22(26-17)14-4-6-16(7-5-14)35(3,30)31/h4-9,12-13H,10-11H2,1-3H3,(H,27,28,29). The van der Waals surface area contributed by atoms with Crippen molar-refractivity contribution in [2.24, 2.45) is 0 Å². The molecule has 2 aromatic heterocycles. The SMILES string of the molecule is COc1cc(OC)c2c(=O)[nH]c(-c3ccc(OCCBr)c(-c4ccc(S(C)(=O)=O)cc4)n3)nc2c1. The first-order valence-corrected chi connectivity index (χ1v) is 13.4. The fourth-order valence-corrected chi connectivity index (χ4v) is 4.31. The van der Waals surface area contributed by atoms with Crippen molar-refractivity contribution in [2.45, 2.75) is 4.90 Å². The number of alkyl halides is 1. The van der Waals surface area contributed by atoms with Crippen LogP contribution in [0.1, 0.15) is 0 Å². The molecule has 9 nitrogen and oxygen atoms in total. The van der Waals surface area contributed by atoms with E-state index in [0.29, 0.717) is 57.0 Å².